The molecule has 21 heavy (non-hydrogen) atoms. The van der Waals surface area contributed by atoms with E-state index in [0.717, 1.165) is 15.6 Å². The Morgan fingerprint density at radius 2 is 1.86 bits per heavy atom. The summed E-state index contributed by atoms with van der Waals surface area (Å²) in [5, 5.41) is 12.6. The van der Waals surface area contributed by atoms with Gasteiger partial charge in [-0.3, -0.25) is 4.79 Å². The molecule has 0 amide bonds. The average Bonchev–Trinajstić information content (AvgIpc) is 2.89. The zero-order valence-corrected chi connectivity index (χ0v) is 11.9. The second-order valence-corrected chi connectivity index (χ2v) is 5.81. The van der Waals surface area contributed by atoms with Gasteiger partial charge in [-0.25, -0.2) is 4.39 Å². The molecule has 1 atom stereocenters. The van der Waals surface area contributed by atoms with E-state index >= 15 is 0 Å². The topological polar surface area (TPSA) is 37.3 Å². The number of hydrogen-bond donors (Lipinski definition) is 1. The Hall–Kier alpha value is -2.20. The molecule has 0 bridgehead atoms. The molecule has 2 nitrogen and oxygen atoms in total. The van der Waals surface area contributed by atoms with Crippen molar-refractivity contribution in [2.45, 2.75) is 12.3 Å². The quantitative estimate of drug-likeness (QED) is 0.773. The van der Waals surface area contributed by atoms with Crippen LogP contribution in [0, 0.1) is 5.82 Å². The normalized spacial score (nSPS) is 12.4. The number of carbonyl (C=O) groups is 1. The van der Waals surface area contributed by atoms with Gasteiger partial charge in [-0.05, 0) is 46.5 Å². The van der Waals surface area contributed by atoms with Crippen LogP contribution in [0.2, 0.25) is 0 Å². The molecule has 2 aromatic carbocycles. The number of carboxylic acids is 1. The molecule has 4 heteroatoms. The van der Waals surface area contributed by atoms with Crippen LogP contribution in [0.15, 0.2) is 53.9 Å². The molecular formula is C17H13FO2S. The van der Waals surface area contributed by atoms with Crippen molar-refractivity contribution in [1.29, 1.82) is 0 Å². The van der Waals surface area contributed by atoms with Crippen LogP contribution in [-0.2, 0) is 11.2 Å². The van der Waals surface area contributed by atoms with Gasteiger partial charge in [-0.15, -0.1) is 11.3 Å². The third kappa shape index (κ3) is 2.81. The number of hydrogen-bond acceptors (Lipinski definition) is 2. The van der Waals surface area contributed by atoms with Crippen molar-refractivity contribution >= 4 is 27.4 Å². The summed E-state index contributed by atoms with van der Waals surface area (Å²) in [5.41, 5.74) is 1.64. The molecular weight excluding hydrogens is 287 g/mol. The minimum absolute atomic E-state index is 0.358. The summed E-state index contributed by atoms with van der Waals surface area (Å²) in [6.45, 7) is 0. The van der Waals surface area contributed by atoms with Gasteiger partial charge in [0.15, 0.2) is 0 Å². The second kappa shape index (κ2) is 5.66. The number of aliphatic carboxylic acids is 1. The first-order valence-corrected chi connectivity index (χ1v) is 7.46. The number of carboxylic acid groups (broad SMARTS) is 1. The van der Waals surface area contributed by atoms with Crippen LogP contribution in [-0.4, -0.2) is 11.1 Å². The Morgan fingerprint density at radius 1 is 1.14 bits per heavy atom. The SMILES string of the molecule is O=C(O)C(Cc1csc2ccccc12)c1ccc(F)cc1. The van der Waals surface area contributed by atoms with Crippen LogP contribution in [0.25, 0.3) is 10.1 Å². The Labute approximate surface area is 125 Å². The lowest BCUT2D eigenvalue weighted by atomic mass is 9.92. The maximum Gasteiger partial charge on any atom is 0.311 e. The van der Waals surface area contributed by atoms with E-state index in [9.17, 15) is 14.3 Å². The van der Waals surface area contributed by atoms with Gasteiger partial charge in [-0.1, -0.05) is 30.3 Å². The molecule has 1 aromatic heterocycles. The van der Waals surface area contributed by atoms with E-state index in [1.165, 1.54) is 12.1 Å². The average molecular weight is 300 g/mol. The predicted octanol–water partition coefficient (Wildman–Crippen LogP) is 4.45. The van der Waals surface area contributed by atoms with Crippen molar-refractivity contribution < 1.29 is 14.3 Å². The van der Waals surface area contributed by atoms with E-state index in [1.807, 2.05) is 29.6 Å². The lowest BCUT2D eigenvalue weighted by Gasteiger charge is -2.12. The highest BCUT2D eigenvalue weighted by Crippen LogP contribution is 2.30. The molecule has 0 radical (unpaired) electrons. The van der Waals surface area contributed by atoms with E-state index < -0.39 is 11.9 Å². The number of fused-ring (bicyclic) bond motifs is 1. The van der Waals surface area contributed by atoms with Crippen molar-refractivity contribution in [3.8, 4) is 0 Å². The summed E-state index contributed by atoms with van der Waals surface area (Å²) in [5.74, 6) is -1.91. The molecule has 0 saturated heterocycles. The summed E-state index contributed by atoms with van der Waals surface area (Å²) in [4.78, 5) is 11.6. The van der Waals surface area contributed by atoms with E-state index in [1.54, 1.807) is 23.5 Å². The molecule has 0 saturated carbocycles. The van der Waals surface area contributed by atoms with Gasteiger partial charge >= 0.3 is 5.97 Å². The summed E-state index contributed by atoms with van der Waals surface area (Å²) in [6.07, 6.45) is 0.408. The third-order valence-corrected chi connectivity index (χ3v) is 4.57. The predicted molar refractivity (Wildman–Crippen MR) is 82.3 cm³/mol. The van der Waals surface area contributed by atoms with Gasteiger partial charge in [0, 0.05) is 4.70 Å². The Bertz CT molecular complexity index is 777. The molecule has 1 N–H and O–H groups in total. The van der Waals surface area contributed by atoms with Crippen LogP contribution in [0.5, 0.6) is 0 Å². The van der Waals surface area contributed by atoms with Crippen LogP contribution >= 0.6 is 11.3 Å². The first kappa shape index (κ1) is 13.8. The van der Waals surface area contributed by atoms with Crippen LogP contribution in [0.1, 0.15) is 17.0 Å². The molecule has 1 unspecified atom stereocenters. The number of rotatable bonds is 4. The van der Waals surface area contributed by atoms with Gasteiger partial charge in [0.05, 0.1) is 5.92 Å². The zero-order valence-electron chi connectivity index (χ0n) is 11.1. The highest BCUT2D eigenvalue weighted by Gasteiger charge is 2.21. The number of benzene rings is 2. The zero-order chi connectivity index (χ0) is 14.8. The third-order valence-electron chi connectivity index (χ3n) is 3.56. The molecule has 1 heterocycles. The fraction of sp³-hybridized carbons (Fsp3) is 0.118. The van der Waals surface area contributed by atoms with Gasteiger partial charge in [-0.2, -0.15) is 0 Å². The highest BCUT2D eigenvalue weighted by molar-refractivity contribution is 7.17. The Morgan fingerprint density at radius 3 is 2.57 bits per heavy atom. The summed E-state index contributed by atoms with van der Waals surface area (Å²) < 4.78 is 14.1. The van der Waals surface area contributed by atoms with Gasteiger partial charge < -0.3 is 5.11 Å². The molecule has 3 rings (SSSR count). The lowest BCUT2D eigenvalue weighted by Crippen LogP contribution is -2.14. The number of thiophene rings is 1. The van der Waals surface area contributed by atoms with E-state index in [2.05, 4.69) is 0 Å². The Balaban J connectivity index is 1.96. The summed E-state index contributed by atoms with van der Waals surface area (Å²) >= 11 is 1.61. The molecule has 0 aliphatic carbocycles. The standard InChI is InChI=1S/C17H13FO2S/c18-13-7-5-11(6-8-13)15(17(19)20)9-12-10-21-16-4-2-1-3-14(12)16/h1-8,10,15H,9H2,(H,19,20). The van der Waals surface area contributed by atoms with Crippen molar-refractivity contribution in [1.82, 2.24) is 0 Å². The first-order chi connectivity index (χ1) is 10.1. The van der Waals surface area contributed by atoms with Crippen molar-refractivity contribution in [2.75, 3.05) is 0 Å². The monoisotopic (exact) mass is 300 g/mol. The van der Waals surface area contributed by atoms with Gasteiger partial charge in [0.25, 0.3) is 0 Å². The molecule has 106 valence electrons. The van der Waals surface area contributed by atoms with Crippen molar-refractivity contribution in [3.05, 3.63) is 70.9 Å². The fourth-order valence-electron chi connectivity index (χ4n) is 2.45. The van der Waals surface area contributed by atoms with E-state index in [4.69, 9.17) is 0 Å². The molecule has 3 aromatic rings. The maximum absolute atomic E-state index is 13.0. The molecule has 0 aliphatic heterocycles. The molecule has 0 aliphatic rings. The lowest BCUT2D eigenvalue weighted by molar-refractivity contribution is -0.138. The summed E-state index contributed by atoms with van der Waals surface area (Å²) in [6, 6.07) is 13.6. The largest absolute Gasteiger partial charge is 0.481 e. The van der Waals surface area contributed by atoms with Crippen molar-refractivity contribution in [3.63, 3.8) is 0 Å². The maximum atomic E-state index is 13.0. The van der Waals surface area contributed by atoms with Crippen LogP contribution in [0.3, 0.4) is 0 Å². The second-order valence-electron chi connectivity index (χ2n) is 4.90. The molecule has 0 spiro atoms. The van der Waals surface area contributed by atoms with Crippen molar-refractivity contribution in [2.24, 2.45) is 0 Å². The summed E-state index contributed by atoms with van der Waals surface area (Å²) in [7, 11) is 0. The first-order valence-electron chi connectivity index (χ1n) is 6.58. The minimum Gasteiger partial charge on any atom is -0.481 e. The van der Waals surface area contributed by atoms with Gasteiger partial charge in [0.2, 0.25) is 0 Å². The van der Waals surface area contributed by atoms with E-state index in [0.29, 0.717) is 12.0 Å². The fourth-order valence-corrected chi connectivity index (χ4v) is 3.43. The molecule has 0 fully saturated rings. The smallest absolute Gasteiger partial charge is 0.311 e. The minimum atomic E-state index is -0.892. The highest BCUT2D eigenvalue weighted by atomic mass is 32.1. The number of halogens is 1. The Kier molecular flexibility index (Phi) is 3.71. The van der Waals surface area contributed by atoms with E-state index in [-0.39, 0.29) is 5.82 Å². The van der Waals surface area contributed by atoms with Gasteiger partial charge in [0.1, 0.15) is 5.82 Å². The van der Waals surface area contributed by atoms with Crippen LogP contribution < -0.4 is 0 Å². The van der Waals surface area contributed by atoms with Crippen LogP contribution in [0.4, 0.5) is 4.39 Å².